The SMILES string of the molecule is COc1cccc(CN2C(=O)N(c3ccc(SC)cc3)c3ncccc3S2(=O)=O)c1. The summed E-state index contributed by atoms with van der Waals surface area (Å²) in [7, 11) is -2.54. The Hall–Kier alpha value is -3.04. The lowest BCUT2D eigenvalue weighted by Crippen LogP contribution is -2.48. The van der Waals surface area contributed by atoms with E-state index in [2.05, 4.69) is 4.98 Å². The van der Waals surface area contributed by atoms with Crippen molar-refractivity contribution in [2.24, 2.45) is 0 Å². The van der Waals surface area contributed by atoms with Gasteiger partial charge in [-0.2, -0.15) is 0 Å². The van der Waals surface area contributed by atoms with Gasteiger partial charge in [0.05, 0.1) is 19.3 Å². The van der Waals surface area contributed by atoms with Gasteiger partial charge in [-0.25, -0.2) is 27.4 Å². The van der Waals surface area contributed by atoms with E-state index in [0.717, 1.165) is 9.20 Å². The highest BCUT2D eigenvalue weighted by Gasteiger charge is 2.43. The lowest BCUT2D eigenvalue weighted by Gasteiger charge is -2.35. The number of sulfonamides is 1. The van der Waals surface area contributed by atoms with Crippen molar-refractivity contribution in [1.29, 1.82) is 0 Å². The molecule has 1 aliphatic heterocycles. The summed E-state index contributed by atoms with van der Waals surface area (Å²) >= 11 is 1.58. The number of carbonyl (C=O) groups is 1. The van der Waals surface area contributed by atoms with Crippen LogP contribution in [0.1, 0.15) is 5.56 Å². The van der Waals surface area contributed by atoms with Gasteiger partial charge in [-0.1, -0.05) is 12.1 Å². The number of nitrogens with zero attached hydrogens (tertiary/aromatic N) is 3. The van der Waals surface area contributed by atoms with Gasteiger partial charge < -0.3 is 4.74 Å². The highest BCUT2D eigenvalue weighted by molar-refractivity contribution is 7.98. The molecule has 30 heavy (non-hydrogen) atoms. The van der Waals surface area contributed by atoms with Gasteiger partial charge in [0.15, 0.2) is 5.82 Å². The smallest absolute Gasteiger partial charge is 0.344 e. The zero-order valence-electron chi connectivity index (χ0n) is 16.3. The summed E-state index contributed by atoms with van der Waals surface area (Å²) < 4.78 is 32.6. The van der Waals surface area contributed by atoms with Gasteiger partial charge in [0.2, 0.25) is 0 Å². The van der Waals surface area contributed by atoms with Crippen molar-refractivity contribution in [2.75, 3.05) is 18.3 Å². The molecule has 0 saturated carbocycles. The first-order valence-corrected chi connectivity index (χ1v) is 11.7. The molecule has 0 aliphatic carbocycles. The Balaban J connectivity index is 1.82. The molecule has 0 saturated heterocycles. The van der Waals surface area contributed by atoms with Gasteiger partial charge in [-0.15, -0.1) is 11.8 Å². The zero-order valence-corrected chi connectivity index (χ0v) is 18.0. The minimum absolute atomic E-state index is 0.0126. The first-order chi connectivity index (χ1) is 14.5. The van der Waals surface area contributed by atoms with Crippen molar-refractivity contribution in [2.45, 2.75) is 16.3 Å². The van der Waals surface area contributed by atoms with E-state index in [1.165, 1.54) is 24.3 Å². The molecular formula is C21H19N3O4S2. The molecule has 4 rings (SSSR count). The monoisotopic (exact) mass is 441 g/mol. The van der Waals surface area contributed by atoms with Crippen LogP contribution >= 0.6 is 11.8 Å². The molecule has 0 N–H and O–H groups in total. The number of ether oxygens (including phenoxy) is 1. The first-order valence-electron chi connectivity index (χ1n) is 9.04. The molecule has 3 aromatic rings. The zero-order chi connectivity index (χ0) is 21.3. The number of methoxy groups -OCH3 is 1. The molecule has 2 heterocycles. The molecule has 0 atom stereocenters. The second kappa shape index (κ2) is 8.00. The maximum absolute atomic E-state index is 13.4. The van der Waals surface area contributed by atoms with Gasteiger partial charge >= 0.3 is 6.03 Å². The molecule has 2 amide bonds. The number of pyridine rings is 1. The highest BCUT2D eigenvalue weighted by atomic mass is 32.2. The molecule has 0 spiro atoms. The molecule has 0 fully saturated rings. The summed E-state index contributed by atoms with van der Waals surface area (Å²) in [6.45, 7) is -0.119. The number of thioether (sulfide) groups is 1. The Bertz CT molecular complexity index is 1200. The van der Waals surface area contributed by atoms with Crippen LogP contribution in [0.5, 0.6) is 5.75 Å². The van der Waals surface area contributed by atoms with E-state index in [0.29, 0.717) is 17.0 Å². The predicted molar refractivity (Wildman–Crippen MR) is 116 cm³/mol. The van der Waals surface area contributed by atoms with Gasteiger partial charge in [-0.3, -0.25) is 0 Å². The van der Waals surface area contributed by atoms with Gasteiger partial charge in [0.1, 0.15) is 10.6 Å². The van der Waals surface area contributed by atoms with Crippen molar-refractivity contribution in [3.8, 4) is 5.75 Å². The van der Waals surface area contributed by atoms with Crippen molar-refractivity contribution < 1.29 is 17.9 Å². The van der Waals surface area contributed by atoms with Crippen LogP contribution in [0.3, 0.4) is 0 Å². The number of urea groups is 1. The summed E-state index contributed by atoms with van der Waals surface area (Å²) in [6, 6.07) is 16.6. The van der Waals surface area contributed by atoms with Crippen LogP contribution in [-0.2, 0) is 16.6 Å². The average Bonchev–Trinajstić information content (AvgIpc) is 2.77. The topological polar surface area (TPSA) is 79.8 Å². The number of benzene rings is 2. The number of amides is 2. The number of fused-ring (bicyclic) bond motifs is 1. The van der Waals surface area contributed by atoms with Crippen LogP contribution in [0.2, 0.25) is 0 Å². The Morgan fingerprint density at radius 1 is 1.07 bits per heavy atom. The predicted octanol–water partition coefficient (Wildman–Crippen LogP) is 4.27. The number of rotatable bonds is 5. The average molecular weight is 442 g/mol. The number of aromatic nitrogens is 1. The summed E-state index contributed by atoms with van der Waals surface area (Å²) in [4.78, 5) is 20.0. The van der Waals surface area contributed by atoms with E-state index in [9.17, 15) is 13.2 Å². The van der Waals surface area contributed by atoms with Crippen molar-refractivity contribution in [3.05, 3.63) is 72.4 Å². The standard InChI is InChI=1S/C21H19N3O4S2/c1-28-17-6-3-5-15(13-17)14-23-21(25)24(16-8-10-18(29-2)11-9-16)20-19(30(23,26)27)7-4-12-22-20/h3-13H,14H2,1-2H3. The number of hydrogen-bond donors (Lipinski definition) is 0. The Morgan fingerprint density at radius 3 is 2.53 bits per heavy atom. The second-order valence-corrected chi connectivity index (χ2v) is 9.21. The lowest BCUT2D eigenvalue weighted by molar-refractivity contribution is 0.229. The van der Waals surface area contributed by atoms with Crippen LogP contribution in [-0.4, -0.2) is 37.1 Å². The number of carbonyl (C=O) groups excluding carboxylic acids is 1. The van der Waals surface area contributed by atoms with E-state index in [-0.39, 0.29) is 17.3 Å². The highest BCUT2D eigenvalue weighted by Crippen LogP contribution is 2.38. The summed E-state index contributed by atoms with van der Waals surface area (Å²) in [5.74, 6) is 0.683. The van der Waals surface area contributed by atoms with Crippen molar-refractivity contribution in [3.63, 3.8) is 0 Å². The van der Waals surface area contributed by atoms with Gasteiger partial charge in [0, 0.05) is 11.1 Å². The van der Waals surface area contributed by atoms with E-state index in [4.69, 9.17) is 4.74 Å². The molecule has 0 radical (unpaired) electrons. The van der Waals surface area contributed by atoms with Crippen LogP contribution in [0.25, 0.3) is 0 Å². The largest absolute Gasteiger partial charge is 0.497 e. The maximum Gasteiger partial charge on any atom is 0.344 e. The lowest BCUT2D eigenvalue weighted by atomic mass is 10.2. The second-order valence-electron chi connectivity index (χ2n) is 6.50. The summed E-state index contributed by atoms with van der Waals surface area (Å²) in [5, 5.41) is 0. The molecule has 9 heteroatoms. The van der Waals surface area contributed by atoms with Gasteiger partial charge in [0.25, 0.3) is 10.0 Å². The summed E-state index contributed by atoms with van der Waals surface area (Å²) in [6.07, 6.45) is 3.43. The fraction of sp³-hybridized carbons (Fsp3) is 0.143. The minimum Gasteiger partial charge on any atom is -0.497 e. The van der Waals surface area contributed by atoms with Crippen LogP contribution < -0.4 is 9.64 Å². The fourth-order valence-electron chi connectivity index (χ4n) is 3.23. The van der Waals surface area contributed by atoms with Gasteiger partial charge in [-0.05, 0) is 60.4 Å². The third kappa shape index (κ3) is 3.50. The van der Waals surface area contributed by atoms with Crippen LogP contribution in [0, 0.1) is 0 Å². The van der Waals surface area contributed by atoms with E-state index >= 15 is 0 Å². The van der Waals surface area contributed by atoms with E-state index < -0.39 is 16.1 Å². The molecule has 1 aromatic heterocycles. The molecule has 7 nitrogen and oxygen atoms in total. The van der Waals surface area contributed by atoms with Crippen molar-refractivity contribution >= 4 is 39.3 Å². The Morgan fingerprint density at radius 2 is 1.83 bits per heavy atom. The normalized spacial score (nSPS) is 15.1. The Labute approximate surface area is 179 Å². The van der Waals surface area contributed by atoms with E-state index in [1.807, 2.05) is 18.4 Å². The third-order valence-corrected chi connectivity index (χ3v) is 7.21. The number of hydrogen-bond acceptors (Lipinski definition) is 6. The number of anilines is 2. The van der Waals surface area contributed by atoms with E-state index in [1.54, 1.807) is 54.2 Å². The molecule has 1 aliphatic rings. The van der Waals surface area contributed by atoms with Crippen LogP contribution in [0.4, 0.5) is 16.3 Å². The Kier molecular flexibility index (Phi) is 5.40. The molecular weight excluding hydrogens is 422 g/mol. The molecule has 0 bridgehead atoms. The first kappa shape index (κ1) is 20.2. The summed E-state index contributed by atoms with van der Waals surface area (Å²) in [5.41, 5.74) is 1.18. The molecule has 2 aromatic carbocycles. The molecule has 154 valence electrons. The van der Waals surface area contributed by atoms with Crippen LogP contribution in [0.15, 0.2) is 76.7 Å². The quantitative estimate of drug-likeness (QED) is 0.550. The fourth-order valence-corrected chi connectivity index (χ4v) is 5.11. The maximum atomic E-state index is 13.4. The minimum atomic E-state index is -4.07. The molecule has 0 unspecified atom stereocenters. The third-order valence-electron chi connectivity index (χ3n) is 4.73. The van der Waals surface area contributed by atoms with Crippen molar-refractivity contribution in [1.82, 2.24) is 9.29 Å².